The highest BCUT2D eigenvalue weighted by atomic mass is 32.1. The average molecular weight is 345 g/mol. The van der Waals surface area contributed by atoms with E-state index in [0.717, 1.165) is 23.4 Å². The van der Waals surface area contributed by atoms with Gasteiger partial charge in [0, 0.05) is 30.9 Å². The molecule has 2 atom stereocenters. The van der Waals surface area contributed by atoms with Crippen molar-refractivity contribution in [2.45, 2.75) is 32.5 Å². The number of carbonyl (C=O) groups excluding carboxylic acids is 1. The summed E-state index contributed by atoms with van der Waals surface area (Å²) in [5.41, 5.74) is 3.15. The number of pyridine rings is 1. The van der Waals surface area contributed by atoms with Crippen LogP contribution in [-0.4, -0.2) is 41.7 Å². The Morgan fingerprint density at radius 2 is 2.29 bits per heavy atom. The molecule has 0 saturated carbocycles. The summed E-state index contributed by atoms with van der Waals surface area (Å²) in [4.78, 5) is 18.8. The highest BCUT2D eigenvalue weighted by molar-refractivity contribution is 7.07. The average Bonchev–Trinajstić information content (AvgIpc) is 3.09. The molecule has 1 aliphatic rings. The molecule has 6 heteroatoms. The predicted octanol–water partition coefficient (Wildman–Crippen LogP) is 3.17. The van der Waals surface area contributed by atoms with Gasteiger partial charge in [0.1, 0.15) is 6.10 Å². The number of amides is 2. The van der Waals surface area contributed by atoms with E-state index in [1.807, 2.05) is 42.3 Å². The molecule has 24 heavy (non-hydrogen) atoms. The van der Waals surface area contributed by atoms with E-state index in [1.165, 1.54) is 0 Å². The summed E-state index contributed by atoms with van der Waals surface area (Å²) in [6.07, 6.45) is 0.735. The number of urea groups is 1. The lowest BCUT2D eigenvalue weighted by Gasteiger charge is -2.36. The molecule has 2 amide bonds. The fraction of sp³-hybridized carbons (Fsp3) is 0.444. The minimum absolute atomic E-state index is 0.0296. The monoisotopic (exact) mass is 345 g/mol. The molecule has 2 aromatic heterocycles. The van der Waals surface area contributed by atoms with Crippen LogP contribution in [-0.2, 0) is 11.2 Å². The minimum atomic E-state index is -0.0378. The Labute approximate surface area is 146 Å². The highest BCUT2D eigenvalue weighted by Gasteiger charge is 2.29. The van der Waals surface area contributed by atoms with Crippen molar-refractivity contribution in [3.8, 4) is 0 Å². The number of hydrogen-bond donors (Lipinski definition) is 1. The third-order valence-electron chi connectivity index (χ3n) is 4.07. The summed E-state index contributed by atoms with van der Waals surface area (Å²) in [6.45, 7) is 5.78. The Kier molecular flexibility index (Phi) is 5.48. The van der Waals surface area contributed by atoms with Gasteiger partial charge in [-0.25, -0.2) is 4.79 Å². The lowest BCUT2D eigenvalue weighted by atomic mass is 10.1. The van der Waals surface area contributed by atoms with Crippen molar-refractivity contribution >= 4 is 17.4 Å². The van der Waals surface area contributed by atoms with Crippen LogP contribution in [0.3, 0.4) is 0 Å². The number of nitrogens with one attached hydrogen (secondary N) is 1. The number of ether oxygens (including phenoxy) is 1. The van der Waals surface area contributed by atoms with E-state index < -0.39 is 0 Å². The third-order valence-corrected chi connectivity index (χ3v) is 4.77. The van der Waals surface area contributed by atoms with E-state index >= 15 is 0 Å². The Morgan fingerprint density at radius 1 is 1.42 bits per heavy atom. The molecule has 5 nitrogen and oxygen atoms in total. The second kappa shape index (κ2) is 7.77. The summed E-state index contributed by atoms with van der Waals surface area (Å²) in [5.74, 6) is 0. The van der Waals surface area contributed by atoms with E-state index in [9.17, 15) is 4.79 Å². The zero-order chi connectivity index (χ0) is 16.9. The van der Waals surface area contributed by atoms with Crippen molar-refractivity contribution in [1.29, 1.82) is 0 Å². The Balaban J connectivity index is 1.52. The molecular weight excluding hydrogens is 322 g/mol. The molecule has 128 valence electrons. The molecule has 3 heterocycles. The molecule has 1 N–H and O–H groups in total. The van der Waals surface area contributed by atoms with Crippen LogP contribution in [0.15, 0.2) is 35.0 Å². The van der Waals surface area contributed by atoms with Gasteiger partial charge in [-0.2, -0.15) is 11.3 Å². The summed E-state index contributed by atoms with van der Waals surface area (Å²) in [5, 5.41) is 7.13. The Hall–Kier alpha value is -1.92. The quantitative estimate of drug-likeness (QED) is 0.926. The lowest BCUT2D eigenvalue weighted by Crippen LogP contribution is -2.50. The number of hydrogen-bond acceptors (Lipinski definition) is 4. The number of carbonyl (C=O) groups is 1. The van der Waals surface area contributed by atoms with Crippen molar-refractivity contribution in [3.05, 3.63) is 52.0 Å². The van der Waals surface area contributed by atoms with E-state index in [-0.39, 0.29) is 18.2 Å². The second-order valence-corrected chi connectivity index (χ2v) is 6.93. The van der Waals surface area contributed by atoms with Crippen molar-refractivity contribution < 1.29 is 9.53 Å². The fourth-order valence-electron chi connectivity index (χ4n) is 2.91. The van der Waals surface area contributed by atoms with Gasteiger partial charge in [-0.15, -0.1) is 0 Å². The maximum Gasteiger partial charge on any atom is 0.317 e. The van der Waals surface area contributed by atoms with Gasteiger partial charge in [0.05, 0.1) is 12.6 Å². The molecule has 2 aromatic rings. The van der Waals surface area contributed by atoms with Gasteiger partial charge in [0.25, 0.3) is 0 Å². The molecule has 1 saturated heterocycles. The zero-order valence-electron chi connectivity index (χ0n) is 14.1. The number of aromatic nitrogens is 1. The molecule has 0 radical (unpaired) electrons. The maximum atomic E-state index is 12.5. The summed E-state index contributed by atoms with van der Waals surface area (Å²) < 4.78 is 5.97. The van der Waals surface area contributed by atoms with Gasteiger partial charge in [-0.05, 0) is 48.4 Å². The molecule has 0 aliphatic carbocycles. The molecular formula is C18H23N3O2S. The highest BCUT2D eigenvalue weighted by Crippen LogP contribution is 2.26. The van der Waals surface area contributed by atoms with E-state index in [2.05, 4.69) is 21.7 Å². The van der Waals surface area contributed by atoms with Gasteiger partial charge in [-0.3, -0.25) is 4.98 Å². The number of rotatable bonds is 4. The van der Waals surface area contributed by atoms with Gasteiger partial charge in [0.2, 0.25) is 0 Å². The lowest BCUT2D eigenvalue weighted by molar-refractivity contribution is -0.0654. The molecule has 0 spiro atoms. The fourth-order valence-corrected chi connectivity index (χ4v) is 3.61. The first-order valence-corrected chi connectivity index (χ1v) is 9.19. The SMILES string of the molecule is Cc1cccc(CCNC(=O)N2CC(C)OC(c3ccsc3)C2)n1. The molecule has 0 bridgehead atoms. The van der Waals surface area contributed by atoms with Crippen LogP contribution in [0.4, 0.5) is 4.79 Å². The van der Waals surface area contributed by atoms with Crippen molar-refractivity contribution in [1.82, 2.24) is 15.2 Å². The van der Waals surface area contributed by atoms with Crippen LogP contribution in [0.5, 0.6) is 0 Å². The zero-order valence-corrected chi connectivity index (χ0v) is 14.9. The van der Waals surface area contributed by atoms with Gasteiger partial charge in [-0.1, -0.05) is 6.07 Å². The minimum Gasteiger partial charge on any atom is -0.367 e. The summed E-state index contributed by atoms with van der Waals surface area (Å²) in [6, 6.07) is 7.99. The normalized spacial score (nSPS) is 20.8. The van der Waals surface area contributed by atoms with Crippen LogP contribution < -0.4 is 5.32 Å². The largest absolute Gasteiger partial charge is 0.367 e. The Bertz CT molecular complexity index is 675. The van der Waals surface area contributed by atoms with Crippen LogP contribution in [0.25, 0.3) is 0 Å². The summed E-state index contributed by atoms with van der Waals surface area (Å²) >= 11 is 1.65. The van der Waals surface area contributed by atoms with Crippen molar-refractivity contribution in [2.24, 2.45) is 0 Å². The molecule has 1 fully saturated rings. The van der Waals surface area contributed by atoms with Crippen LogP contribution in [0.2, 0.25) is 0 Å². The van der Waals surface area contributed by atoms with Gasteiger partial charge in [0.15, 0.2) is 0 Å². The van der Waals surface area contributed by atoms with Crippen LogP contribution in [0.1, 0.15) is 30.0 Å². The predicted molar refractivity (Wildman–Crippen MR) is 95.3 cm³/mol. The first-order chi connectivity index (χ1) is 11.6. The molecule has 3 rings (SSSR count). The van der Waals surface area contributed by atoms with Crippen LogP contribution in [0, 0.1) is 6.92 Å². The molecule has 1 aliphatic heterocycles. The number of thiophene rings is 1. The smallest absolute Gasteiger partial charge is 0.317 e. The Morgan fingerprint density at radius 3 is 3.04 bits per heavy atom. The third kappa shape index (κ3) is 4.33. The first kappa shape index (κ1) is 16.9. The second-order valence-electron chi connectivity index (χ2n) is 6.15. The van der Waals surface area contributed by atoms with Gasteiger partial charge < -0.3 is 15.0 Å². The molecule has 0 aromatic carbocycles. The molecule has 2 unspecified atom stereocenters. The van der Waals surface area contributed by atoms with Crippen molar-refractivity contribution in [2.75, 3.05) is 19.6 Å². The maximum absolute atomic E-state index is 12.5. The van der Waals surface area contributed by atoms with Gasteiger partial charge >= 0.3 is 6.03 Å². The van der Waals surface area contributed by atoms with Crippen molar-refractivity contribution in [3.63, 3.8) is 0 Å². The van der Waals surface area contributed by atoms with E-state index in [4.69, 9.17) is 4.74 Å². The topological polar surface area (TPSA) is 54.5 Å². The van der Waals surface area contributed by atoms with E-state index in [1.54, 1.807) is 11.3 Å². The van der Waals surface area contributed by atoms with E-state index in [0.29, 0.717) is 19.6 Å². The van der Waals surface area contributed by atoms with Crippen LogP contribution >= 0.6 is 11.3 Å². The number of nitrogens with zero attached hydrogens (tertiary/aromatic N) is 2. The first-order valence-electron chi connectivity index (χ1n) is 8.24. The standard InChI is InChI=1S/C18H23N3O2S/c1-13-4-3-5-16(20-13)6-8-19-18(22)21-10-14(2)23-17(11-21)15-7-9-24-12-15/h3-5,7,9,12,14,17H,6,8,10-11H2,1-2H3,(H,19,22). The number of aryl methyl sites for hydroxylation is 1. The number of morpholine rings is 1. The summed E-state index contributed by atoms with van der Waals surface area (Å²) in [7, 11) is 0.